The second-order valence-electron chi connectivity index (χ2n) is 7.19. The lowest BCUT2D eigenvalue weighted by Crippen LogP contribution is -2.48. The Bertz CT molecular complexity index is 728. The van der Waals surface area contributed by atoms with Crippen molar-refractivity contribution in [3.63, 3.8) is 0 Å². The smallest absolute Gasteiger partial charge is 0.194 e. The second-order valence-corrected chi connectivity index (χ2v) is 7.19. The maximum absolute atomic E-state index is 6.06. The van der Waals surface area contributed by atoms with Gasteiger partial charge in [-0.1, -0.05) is 31.2 Å². The molecule has 1 aromatic heterocycles. The highest BCUT2D eigenvalue weighted by molar-refractivity contribution is 5.80. The first kappa shape index (κ1) is 19.4. The number of nitrogens with zero attached hydrogens (tertiary/aromatic N) is 4. The highest BCUT2D eigenvalue weighted by atomic mass is 16.5. The van der Waals surface area contributed by atoms with Crippen LogP contribution in [0.2, 0.25) is 0 Å². The van der Waals surface area contributed by atoms with E-state index in [2.05, 4.69) is 60.4 Å². The molecule has 1 saturated heterocycles. The number of rotatable bonds is 6. The SMILES string of the molecule is CCNC(=NCC(C)Cn1cccn1)N1CCOC(c2ccccc2C)C1. The largest absolute Gasteiger partial charge is 0.370 e. The van der Waals surface area contributed by atoms with Crippen molar-refractivity contribution in [2.75, 3.05) is 32.8 Å². The summed E-state index contributed by atoms with van der Waals surface area (Å²) in [5.41, 5.74) is 2.55. The van der Waals surface area contributed by atoms with Gasteiger partial charge in [0.05, 0.1) is 13.2 Å². The lowest BCUT2D eigenvalue weighted by Gasteiger charge is -2.36. The summed E-state index contributed by atoms with van der Waals surface area (Å²) in [4.78, 5) is 7.23. The third-order valence-electron chi connectivity index (χ3n) is 4.85. The lowest BCUT2D eigenvalue weighted by molar-refractivity contribution is -0.00835. The molecule has 3 rings (SSSR count). The van der Waals surface area contributed by atoms with E-state index >= 15 is 0 Å². The highest BCUT2D eigenvalue weighted by Gasteiger charge is 2.25. The van der Waals surface area contributed by atoms with E-state index in [0.717, 1.165) is 38.7 Å². The molecule has 0 aliphatic carbocycles. The molecule has 2 aromatic rings. The summed E-state index contributed by atoms with van der Waals surface area (Å²) in [5.74, 6) is 1.40. The number of hydrogen-bond donors (Lipinski definition) is 1. The molecular weight excluding hydrogens is 338 g/mol. The quantitative estimate of drug-likeness (QED) is 0.628. The minimum Gasteiger partial charge on any atom is -0.370 e. The van der Waals surface area contributed by atoms with Crippen molar-refractivity contribution in [2.45, 2.75) is 33.4 Å². The van der Waals surface area contributed by atoms with Crippen LogP contribution in [-0.2, 0) is 11.3 Å². The summed E-state index contributed by atoms with van der Waals surface area (Å²) in [7, 11) is 0. The van der Waals surface area contributed by atoms with E-state index in [1.165, 1.54) is 11.1 Å². The Balaban J connectivity index is 1.65. The normalized spacial score (nSPS) is 19.1. The van der Waals surface area contributed by atoms with Crippen LogP contribution < -0.4 is 5.32 Å². The van der Waals surface area contributed by atoms with Crippen LogP contribution in [0.15, 0.2) is 47.7 Å². The predicted octanol–water partition coefficient (Wildman–Crippen LogP) is 2.87. The molecule has 1 aromatic carbocycles. The molecule has 1 aliphatic rings. The molecule has 1 fully saturated rings. The Labute approximate surface area is 162 Å². The van der Waals surface area contributed by atoms with Crippen molar-refractivity contribution in [3.8, 4) is 0 Å². The molecule has 1 aliphatic heterocycles. The summed E-state index contributed by atoms with van der Waals surface area (Å²) < 4.78 is 8.03. The number of morpholine rings is 1. The first-order valence-corrected chi connectivity index (χ1v) is 9.85. The minimum atomic E-state index is 0.0882. The molecule has 0 amide bonds. The summed E-state index contributed by atoms with van der Waals surface area (Å²) in [6.45, 7) is 11.4. The van der Waals surface area contributed by atoms with Gasteiger partial charge in [-0.05, 0) is 37.0 Å². The van der Waals surface area contributed by atoms with E-state index in [9.17, 15) is 0 Å². The van der Waals surface area contributed by atoms with Crippen molar-refractivity contribution in [3.05, 3.63) is 53.9 Å². The number of ether oxygens (including phenoxy) is 1. The molecule has 6 heteroatoms. The fourth-order valence-electron chi connectivity index (χ4n) is 3.43. The van der Waals surface area contributed by atoms with Crippen LogP contribution in [-0.4, -0.2) is 53.4 Å². The van der Waals surface area contributed by atoms with Crippen LogP contribution in [0.3, 0.4) is 0 Å². The van der Waals surface area contributed by atoms with Gasteiger partial charge in [-0.3, -0.25) is 9.67 Å². The van der Waals surface area contributed by atoms with Crippen molar-refractivity contribution >= 4 is 5.96 Å². The predicted molar refractivity (Wildman–Crippen MR) is 109 cm³/mol. The summed E-state index contributed by atoms with van der Waals surface area (Å²) in [6, 6.07) is 10.4. The molecule has 2 unspecified atom stereocenters. The van der Waals surface area contributed by atoms with Gasteiger partial charge < -0.3 is 15.0 Å². The van der Waals surface area contributed by atoms with E-state index in [1.54, 1.807) is 0 Å². The molecule has 27 heavy (non-hydrogen) atoms. The van der Waals surface area contributed by atoms with Gasteiger partial charge in [0.25, 0.3) is 0 Å². The zero-order chi connectivity index (χ0) is 19.1. The molecule has 6 nitrogen and oxygen atoms in total. The number of benzene rings is 1. The maximum atomic E-state index is 6.06. The van der Waals surface area contributed by atoms with Gasteiger partial charge in [-0.25, -0.2) is 0 Å². The van der Waals surface area contributed by atoms with Crippen LogP contribution in [0.5, 0.6) is 0 Å². The molecule has 146 valence electrons. The molecule has 0 bridgehead atoms. The van der Waals surface area contributed by atoms with E-state index < -0.39 is 0 Å². The van der Waals surface area contributed by atoms with Gasteiger partial charge in [0.2, 0.25) is 0 Å². The molecule has 0 radical (unpaired) electrons. The second kappa shape index (κ2) is 9.55. The third-order valence-corrected chi connectivity index (χ3v) is 4.85. The standard InChI is InChI=1S/C21H31N5O/c1-4-22-21(23-14-17(2)15-26-11-7-10-24-26)25-12-13-27-20(16-25)19-9-6-5-8-18(19)3/h5-11,17,20H,4,12-16H2,1-3H3,(H,22,23). The zero-order valence-corrected chi connectivity index (χ0v) is 16.6. The Morgan fingerprint density at radius 1 is 1.37 bits per heavy atom. The van der Waals surface area contributed by atoms with E-state index in [4.69, 9.17) is 9.73 Å². The third kappa shape index (κ3) is 5.32. The summed E-state index contributed by atoms with van der Waals surface area (Å²) in [5, 5.41) is 7.74. The van der Waals surface area contributed by atoms with E-state index in [1.807, 2.05) is 23.1 Å². The molecule has 1 N–H and O–H groups in total. The van der Waals surface area contributed by atoms with Gasteiger partial charge in [0.15, 0.2) is 5.96 Å². The van der Waals surface area contributed by atoms with Gasteiger partial charge in [-0.15, -0.1) is 0 Å². The fraction of sp³-hybridized carbons (Fsp3) is 0.524. The van der Waals surface area contributed by atoms with Gasteiger partial charge in [0, 0.05) is 38.6 Å². The van der Waals surface area contributed by atoms with E-state index in [-0.39, 0.29) is 6.10 Å². The number of hydrogen-bond acceptors (Lipinski definition) is 3. The fourth-order valence-corrected chi connectivity index (χ4v) is 3.43. The summed E-state index contributed by atoms with van der Waals surface area (Å²) in [6.07, 6.45) is 3.91. The number of aryl methyl sites for hydroxylation is 1. The topological polar surface area (TPSA) is 54.7 Å². The molecule has 2 atom stereocenters. The minimum absolute atomic E-state index is 0.0882. The summed E-state index contributed by atoms with van der Waals surface area (Å²) >= 11 is 0. The highest BCUT2D eigenvalue weighted by Crippen LogP contribution is 2.25. The molecular formula is C21H31N5O. The molecule has 0 saturated carbocycles. The van der Waals surface area contributed by atoms with E-state index in [0.29, 0.717) is 12.5 Å². The van der Waals surface area contributed by atoms with Crippen molar-refractivity contribution in [1.29, 1.82) is 0 Å². The Morgan fingerprint density at radius 3 is 2.96 bits per heavy atom. The average Bonchev–Trinajstić information content (AvgIpc) is 3.18. The zero-order valence-electron chi connectivity index (χ0n) is 16.6. The van der Waals surface area contributed by atoms with Crippen molar-refractivity contribution in [2.24, 2.45) is 10.9 Å². The average molecular weight is 370 g/mol. The van der Waals surface area contributed by atoms with Crippen LogP contribution in [0.1, 0.15) is 31.1 Å². The number of aliphatic imine (C=N–C) groups is 1. The Hall–Kier alpha value is -2.34. The number of nitrogens with one attached hydrogen (secondary N) is 1. The van der Waals surface area contributed by atoms with Crippen LogP contribution in [0.4, 0.5) is 0 Å². The van der Waals surface area contributed by atoms with Crippen LogP contribution >= 0.6 is 0 Å². The first-order valence-electron chi connectivity index (χ1n) is 9.85. The van der Waals surface area contributed by atoms with Crippen molar-refractivity contribution in [1.82, 2.24) is 20.0 Å². The van der Waals surface area contributed by atoms with Gasteiger partial charge in [-0.2, -0.15) is 5.10 Å². The Morgan fingerprint density at radius 2 is 2.22 bits per heavy atom. The first-order chi connectivity index (χ1) is 13.2. The maximum Gasteiger partial charge on any atom is 0.194 e. The van der Waals surface area contributed by atoms with Gasteiger partial charge in [0.1, 0.15) is 6.10 Å². The monoisotopic (exact) mass is 369 g/mol. The van der Waals surface area contributed by atoms with Crippen LogP contribution in [0, 0.1) is 12.8 Å². The Kier molecular flexibility index (Phi) is 6.87. The van der Waals surface area contributed by atoms with Crippen LogP contribution in [0.25, 0.3) is 0 Å². The number of guanidine groups is 1. The number of aromatic nitrogens is 2. The molecule has 0 spiro atoms. The molecule has 2 heterocycles. The van der Waals surface area contributed by atoms with Gasteiger partial charge >= 0.3 is 0 Å². The van der Waals surface area contributed by atoms with Crippen molar-refractivity contribution < 1.29 is 4.74 Å². The lowest BCUT2D eigenvalue weighted by atomic mass is 10.0.